The maximum atomic E-state index is 11.7. The van der Waals surface area contributed by atoms with Crippen LogP contribution in [0.2, 0.25) is 0 Å². The molecule has 0 bridgehead atoms. The molecule has 1 aromatic heterocycles. The molecule has 1 unspecified atom stereocenters. The molecule has 0 spiro atoms. The van der Waals surface area contributed by atoms with Gasteiger partial charge in [0.25, 0.3) is 0 Å². The second-order valence-electron chi connectivity index (χ2n) is 9.69. The Balaban J connectivity index is 0.000000134. The Morgan fingerprint density at radius 2 is 1.67 bits per heavy atom. The first-order valence-corrected chi connectivity index (χ1v) is 12.6. The number of hydrogen-bond donors (Lipinski definition) is 1. The molecule has 0 saturated carbocycles. The minimum atomic E-state index is -0.317. The van der Waals surface area contributed by atoms with Crippen LogP contribution in [0.25, 0.3) is 38.2 Å². The number of aromatic nitrogens is 1. The summed E-state index contributed by atoms with van der Waals surface area (Å²) in [6.07, 6.45) is 8.34. The van der Waals surface area contributed by atoms with Gasteiger partial charge < -0.3 is 9.72 Å². The molecule has 0 aliphatic heterocycles. The van der Waals surface area contributed by atoms with Crippen LogP contribution < -0.4 is 0 Å². The Labute approximate surface area is 211 Å². The predicted octanol–water partition coefficient (Wildman–Crippen LogP) is 8.24. The Kier molecular flexibility index (Phi) is 5.69. The van der Waals surface area contributed by atoms with Crippen LogP contribution in [0.15, 0.2) is 96.6 Å². The van der Waals surface area contributed by atoms with Gasteiger partial charge in [-0.15, -0.1) is 0 Å². The van der Waals surface area contributed by atoms with Crippen molar-refractivity contribution < 1.29 is 9.53 Å². The van der Waals surface area contributed by atoms with Gasteiger partial charge in [-0.3, -0.25) is 0 Å². The number of esters is 1. The molecule has 3 nitrogen and oxygen atoms in total. The number of benzene rings is 4. The van der Waals surface area contributed by atoms with Crippen LogP contribution >= 0.6 is 0 Å². The first kappa shape index (κ1) is 22.4. The highest BCUT2D eigenvalue weighted by Gasteiger charge is 2.25. The fraction of sp³-hybridized carbons (Fsp3) is 0.182. The first-order chi connectivity index (χ1) is 17.7. The zero-order valence-corrected chi connectivity index (χ0v) is 20.7. The van der Waals surface area contributed by atoms with Gasteiger partial charge in [-0.25, -0.2) is 4.79 Å². The molecule has 178 valence electrons. The van der Waals surface area contributed by atoms with Gasteiger partial charge in [0.1, 0.15) is 0 Å². The third-order valence-electron chi connectivity index (χ3n) is 7.59. The van der Waals surface area contributed by atoms with E-state index in [2.05, 4.69) is 60.5 Å². The molecule has 1 N–H and O–H groups in total. The molecule has 0 saturated heterocycles. The number of allylic oxidation sites excluding steroid dienone is 4. The lowest BCUT2D eigenvalue weighted by molar-refractivity contribution is 0.0603. The summed E-state index contributed by atoms with van der Waals surface area (Å²) >= 11 is 0. The molecule has 36 heavy (non-hydrogen) atoms. The van der Waals surface area contributed by atoms with Gasteiger partial charge >= 0.3 is 5.97 Å². The van der Waals surface area contributed by atoms with Gasteiger partial charge in [-0.05, 0) is 64.8 Å². The molecular weight excluding hydrogens is 442 g/mol. The fourth-order valence-corrected chi connectivity index (χ4v) is 5.85. The van der Waals surface area contributed by atoms with Gasteiger partial charge in [-0.2, -0.15) is 0 Å². The van der Waals surface area contributed by atoms with Crippen LogP contribution in [0.5, 0.6) is 0 Å². The maximum Gasteiger partial charge on any atom is 0.339 e. The highest BCUT2D eigenvalue weighted by atomic mass is 16.5. The summed E-state index contributed by atoms with van der Waals surface area (Å²) in [6.45, 7) is 2.39. The predicted molar refractivity (Wildman–Crippen MR) is 149 cm³/mol. The summed E-state index contributed by atoms with van der Waals surface area (Å²) in [5.41, 5.74) is 8.63. The van der Waals surface area contributed by atoms with E-state index in [1.165, 1.54) is 48.3 Å². The third-order valence-corrected chi connectivity index (χ3v) is 7.59. The van der Waals surface area contributed by atoms with Crippen molar-refractivity contribution >= 4 is 44.1 Å². The minimum absolute atomic E-state index is 0.317. The van der Waals surface area contributed by atoms with Crippen molar-refractivity contribution in [1.82, 2.24) is 4.98 Å². The third kappa shape index (κ3) is 3.72. The molecule has 2 aliphatic rings. The van der Waals surface area contributed by atoms with Crippen molar-refractivity contribution in [2.45, 2.75) is 26.2 Å². The van der Waals surface area contributed by atoms with Crippen LogP contribution in [0.1, 0.15) is 41.3 Å². The number of nitrogens with one attached hydrogen (secondary N) is 1. The van der Waals surface area contributed by atoms with Crippen molar-refractivity contribution in [2.75, 3.05) is 7.11 Å². The fourth-order valence-electron chi connectivity index (χ4n) is 5.85. The topological polar surface area (TPSA) is 42.1 Å². The lowest BCUT2D eigenvalue weighted by atomic mass is 9.74. The molecule has 0 fully saturated rings. The van der Waals surface area contributed by atoms with Crippen molar-refractivity contribution in [1.29, 1.82) is 0 Å². The van der Waals surface area contributed by atoms with Gasteiger partial charge in [-0.1, -0.05) is 91.4 Å². The van der Waals surface area contributed by atoms with E-state index in [1.54, 1.807) is 17.2 Å². The summed E-state index contributed by atoms with van der Waals surface area (Å²) in [6, 6.07) is 27.0. The molecular formula is C33H29NO2. The van der Waals surface area contributed by atoms with Gasteiger partial charge in [0.05, 0.1) is 18.2 Å². The Morgan fingerprint density at radius 3 is 2.53 bits per heavy atom. The number of fused-ring (bicyclic) bond motifs is 7. The molecule has 0 radical (unpaired) electrons. The van der Waals surface area contributed by atoms with Gasteiger partial charge in [0.15, 0.2) is 0 Å². The number of ether oxygens (including phenoxy) is 1. The van der Waals surface area contributed by atoms with E-state index >= 15 is 0 Å². The quantitative estimate of drug-likeness (QED) is 0.250. The van der Waals surface area contributed by atoms with Gasteiger partial charge in [0, 0.05) is 16.3 Å². The number of carbonyl (C=O) groups excluding carboxylic acids is 1. The minimum Gasteiger partial charge on any atom is -0.465 e. The number of carbonyl (C=O) groups is 1. The van der Waals surface area contributed by atoms with E-state index in [0.717, 1.165) is 21.8 Å². The van der Waals surface area contributed by atoms with E-state index in [-0.39, 0.29) is 5.97 Å². The summed E-state index contributed by atoms with van der Waals surface area (Å²) < 4.78 is 4.78. The molecule has 0 amide bonds. The van der Waals surface area contributed by atoms with Crippen molar-refractivity contribution in [2.24, 2.45) is 5.92 Å². The number of para-hydroxylation sites is 2. The van der Waals surface area contributed by atoms with Crippen molar-refractivity contribution in [3.8, 4) is 0 Å². The number of methoxy groups -OCH3 is 1. The van der Waals surface area contributed by atoms with Crippen LogP contribution in [0.3, 0.4) is 0 Å². The summed E-state index contributed by atoms with van der Waals surface area (Å²) in [7, 11) is 1.39. The number of aromatic amines is 1. The molecule has 3 heteroatoms. The highest BCUT2D eigenvalue weighted by Crippen LogP contribution is 2.42. The van der Waals surface area contributed by atoms with Crippen LogP contribution in [0, 0.1) is 5.92 Å². The molecule has 2 aliphatic carbocycles. The summed E-state index contributed by atoms with van der Waals surface area (Å²) in [4.78, 5) is 14.9. The van der Waals surface area contributed by atoms with E-state index in [9.17, 15) is 4.79 Å². The van der Waals surface area contributed by atoms with E-state index in [4.69, 9.17) is 4.74 Å². The molecule has 7 rings (SSSR count). The van der Waals surface area contributed by atoms with E-state index in [0.29, 0.717) is 11.5 Å². The summed E-state index contributed by atoms with van der Waals surface area (Å²) in [5, 5.41) is 4.98. The van der Waals surface area contributed by atoms with Crippen LogP contribution in [-0.4, -0.2) is 18.1 Å². The molecule has 5 aromatic rings. The monoisotopic (exact) mass is 471 g/mol. The maximum absolute atomic E-state index is 11.7. The lowest BCUT2D eigenvalue weighted by Gasteiger charge is -2.30. The zero-order chi connectivity index (χ0) is 24.6. The normalized spacial score (nSPS) is 16.4. The number of rotatable bonds is 1. The second kappa shape index (κ2) is 9.16. The Morgan fingerprint density at radius 1 is 0.889 bits per heavy atom. The van der Waals surface area contributed by atoms with E-state index in [1.807, 2.05) is 36.4 Å². The second-order valence-corrected chi connectivity index (χ2v) is 9.69. The molecule has 1 atom stereocenters. The Hall–Kier alpha value is -4.11. The summed E-state index contributed by atoms with van der Waals surface area (Å²) in [5.74, 6) is 0.375. The zero-order valence-electron chi connectivity index (χ0n) is 20.7. The Bertz CT molecular complexity index is 1680. The smallest absolute Gasteiger partial charge is 0.339 e. The average Bonchev–Trinajstić information content (AvgIpc) is 3.32. The first-order valence-electron chi connectivity index (χ1n) is 12.6. The van der Waals surface area contributed by atoms with Crippen molar-refractivity contribution in [3.63, 3.8) is 0 Å². The number of hydrogen-bond acceptors (Lipinski definition) is 2. The van der Waals surface area contributed by atoms with E-state index < -0.39 is 0 Å². The average molecular weight is 472 g/mol. The van der Waals surface area contributed by atoms with Crippen molar-refractivity contribution in [3.05, 3.63) is 113 Å². The molecule has 1 heterocycles. The number of H-pyrrole nitrogens is 1. The SMILES string of the molecule is CC1Cc2c(ccc3ccccc23)C2=C1CCC=C2.COC(=O)c1cccc2c1[nH]c1ccccc12. The largest absolute Gasteiger partial charge is 0.465 e. The highest BCUT2D eigenvalue weighted by molar-refractivity contribution is 6.13. The lowest BCUT2D eigenvalue weighted by Crippen LogP contribution is -2.15. The van der Waals surface area contributed by atoms with Crippen LogP contribution in [-0.2, 0) is 11.2 Å². The van der Waals surface area contributed by atoms with Crippen LogP contribution in [0.4, 0.5) is 0 Å². The van der Waals surface area contributed by atoms with Gasteiger partial charge in [0.2, 0.25) is 0 Å². The molecule has 4 aromatic carbocycles. The standard InChI is InChI=1S/C19H18.C14H11NO2/c1-13-12-19-16-8-3-2-6-14(16)10-11-18(19)17-9-5-4-7-15(13)17;1-17-14(16)11-7-4-6-10-9-5-2-3-8-12(9)15-13(10)11/h2-3,5-6,8-11,13H,4,7,12H2,1H3;2-8,15H,1H3.